The third kappa shape index (κ3) is 3.42. The van der Waals surface area contributed by atoms with Crippen LogP contribution in [0.3, 0.4) is 0 Å². The number of nitrogens with zero attached hydrogens (tertiary/aromatic N) is 1. The Bertz CT molecular complexity index is 1180. The van der Waals surface area contributed by atoms with Crippen molar-refractivity contribution in [1.29, 1.82) is 0 Å². The largest absolute Gasteiger partial charge is 0.438 e. The molecule has 1 aromatic heterocycles. The van der Waals surface area contributed by atoms with Gasteiger partial charge in [0.1, 0.15) is 0 Å². The Morgan fingerprint density at radius 3 is 1.97 bits per heavy atom. The molecule has 2 amide bonds. The summed E-state index contributed by atoms with van der Waals surface area (Å²) in [5.41, 5.74) is 20.5. The number of hydrogen-bond donors (Lipinski definition) is 4. The average molecular weight is 421 g/mol. The van der Waals surface area contributed by atoms with Gasteiger partial charge in [0.05, 0.1) is 5.41 Å². The first-order valence-corrected chi connectivity index (χ1v) is 9.91. The molecule has 0 saturated heterocycles. The summed E-state index contributed by atoms with van der Waals surface area (Å²) in [5, 5.41) is 4.04. The Labute approximate surface area is 177 Å². The van der Waals surface area contributed by atoms with Gasteiger partial charge in [-0.15, -0.1) is 0 Å². The van der Waals surface area contributed by atoms with Gasteiger partial charge in [-0.2, -0.15) is 0 Å². The number of benzene rings is 2. The van der Waals surface area contributed by atoms with Gasteiger partial charge in [-0.1, -0.05) is 17.3 Å². The fourth-order valence-corrected chi connectivity index (χ4v) is 4.62. The maximum Gasteiger partial charge on any atom is 0.438 e. The van der Waals surface area contributed by atoms with E-state index in [2.05, 4.69) is 10.1 Å². The van der Waals surface area contributed by atoms with E-state index in [4.69, 9.17) is 21.7 Å². The highest BCUT2D eigenvalue weighted by atomic mass is 16.5. The molecule has 0 spiro atoms. The number of primary amides is 2. The van der Waals surface area contributed by atoms with E-state index in [1.54, 1.807) is 24.3 Å². The molecule has 9 heteroatoms. The molecule has 31 heavy (non-hydrogen) atoms. The van der Waals surface area contributed by atoms with Crippen molar-refractivity contribution in [2.24, 2.45) is 17.2 Å². The van der Waals surface area contributed by atoms with Gasteiger partial charge in [0, 0.05) is 17.2 Å². The summed E-state index contributed by atoms with van der Waals surface area (Å²) in [6, 6.07) is 10.2. The molecule has 7 N–H and O–H groups in total. The first-order valence-electron chi connectivity index (χ1n) is 9.91. The van der Waals surface area contributed by atoms with Crippen molar-refractivity contribution in [3.8, 4) is 0 Å². The number of nitrogens with one attached hydrogen (secondary N) is 1. The molecule has 2 aromatic carbocycles. The SMILES string of the molecule is C[C@H](N)CC1(c2noc(=O)[nH]2)c2ccc(C(N)=O)cc2CCc2cc(C(N)=O)ccc21. The molecule has 160 valence electrons. The van der Waals surface area contributed by atoms with E-state index in [0.717, 1.165) is 22.3 Å². The number of aryl methyl sites for hydroxylation is 2. The van der Waals surface area contributed by atoms with Crippen LogP contribution in [0.15, 0.2) is 45.7 Å². The van der Waals surface area contributed by atoms with E-state index in [1.165, 1.54) is 0 Å². The predicted octanol–water partition coefficient (Wildman–Crippen LogP) is 0.731. The number of nitrogens with two attached hydrogens (primary N) is 3. The van der Waals surface area contributed by atoms with Gasteiger partial charge in [0.2, 0.25) is 11.8 Å². The second-order valence-electron chi connectivity index (χ2n) is 8.00. The fourth-order valence-electron chi connectivity index (χ4n) is 4.62. The summed E-state index contributed by atoms with van der Waals surface area (Å²) in [6.07, 6.45) is 1.55. The van der Waals surface area contributed by atoms with E-state index in [9.17, 15) is 14.4 Å². The van der Waals surface area contributed by atoms with Gasteiger partial charge in [-0.25, -0.2) is 4.79 Å². The van der Waals surface area contributed by atoms with Crippen LogP contribution in [0, 0.1) is 0 Å². The molecule has 1 aliphatic carbocycles. The van der Waals surface area contributed by atoms with Crippen LogP contribution >= 0.6 is 0 Å². The Kier molecular flexibility index (Phi) is 4.98. The number of aromatic amines is 1. The number of amides is 2. The lowest BCUT2D eigenvalue weighted by Crippen LogP contribution is -2.38. The van der Waals surface area contributed by atoms with Gasteiger partial charge >= 0.3 is 5.76 Å². The van der Waals surface area contributed by atoms with Crippen molar-refractivity contribution in [1.82, 2.24) is 10.1 Å². The number of carbonyl (C=O) groups excluding carboxylic acids is 2. The van der Waals surface area contributed by atoms with E-state index in [1.807, 2.05) is 19.1 Å². The number of fused-ring (bicyclic) bond motifs is 2. The van der Waals surface area contributed by atoms with Crippen molar-refractivity contribution in [2.75, 3.05) is 0 Å². The molecule has 0 unspecified atom stereocenters. The highest BCUT2D eigenvalue weighted by Crippen LogP contribution is 2.46. The van der Waals surface area contributed by atoms with Crippen LogP contribution in [-0.4, -0.2) is 28.0 Å². The zero-order valence-corrected chi connectivity index (χ0v) is 17.0. The highest BCUT2D eigenvalue weighted by molar-refractivity contribution is 5.94. The van der Waals surface area contributed by atoms with Crippen molar-refractivity contribution in [3.63, 3.8) is 0 Å². The second-order valence-corrected chi connectivity index (χ2v) is 8.00. The maximum atomic E-state index is 11.9. The number of rotatable bonds is 5. The minimum absolute atomic E-state index is 0.286. The number of aromatic nitrogens is 2. The van der Waals surface area contributed by atoms with E-state index in [0.29, 0.717) is 36.2 Å². The van der Waals surface area contributed by atoms with Crippen LogP contribution in [0.5, 0.6) is 0 Å². The molecule has 0 saturated carbocycles. The van der Waals surface area contributed by atoms with Gasteiger partial charge in [-0.05, 0) is 72.7 Å². The Hall–Kier alpha value is -3.72. The lowest BCUT2D eigenvalue weighted by molar-refractivity contribution is 0.0991. The van der Waals surface area contributed by atoms with Crippen LogP contribution in [0.25, 0.3) is 0 Å². The van der Waals surface area contributed by atoms with Crippen molar-refractivity contribution in [3.05, 3.63) is 86.2 Å². The molecule has 1 heterocycles. The zero-order chi connectivity index (χ0) is 22.3. The predicted molar refractivity (Wildman–Crippen MR) is 113 cm³/mol. The van der Waals surface area contributed by atoms with Crippen molar-refractivity contribution >= 4 is 11.8 Å². The van der Waals surface area contributed by atoms with Crippen LogP contribution in [-0.2, 0) is 18.3 Å². The smallest absolute Gasteiger partial charge is 0.366 e. The Balaban J connectivity index is 2.10. The first-order chi connectivity index (χ1) is 14.7. The third-order valence-corrected chi connectivity index (χ3v) is 5.84. The molecule has 3 aromatic rings. The molecule has 4 rings (SSSR count). The summed E-state index contributed by atoms with van der Waals surface area (Å²) in [7, 11) is 0. The number of hydrogen-bond acceptors (Lipinski definition) is 6. The molecule has 0 aliphatic heterocycles. The topological polar surface area (TPSA) is 171 Å². The monoisotopic (exact) mass is 421 g/mol. The van der Waals surface area contributed by atoms with Crippen molar-refractivity contribution < 1.29 is 14.1 Å². The lowest BCUT2D eigenvalue weighted by atomic mass is 9.68. The van der Waals surface area contributed by atoms with Gasteiger partial charge in [0.25, 0.3) is 0 Å². The first kappa shape index (κ1) is 20.5. The van der Waals surface area contributed by atoms with Crippen LogP contribution in [0.4, 0.5) is 0 Å². The quantitative estimate of drug-likeness (QED) is 0.473. The van der Waals surface area contributed by atoms with E-state index < -0.39 is 23.0 Å². The summed E-state index contributed by atoms with van der Waals surface area (Å²) in [4.78, 5) is 38.2. The van der Waals surface area contributed by atoms with Gasteiger partial charge < -0.3 is 17.2 Å². The minimum Gasteiger partial charge on any atom is -0.366 e. The number of H-pyrrole nitrogens is 1. The molecule has 1 atom stereocenters. The summed E-state index contributed by atoms with van der Waals surface area (Å²) < 4.78 is 4.87. The van der Waals surface area contributed by atoms with Crippen LogP contribution < -0.4 is 23.0 Å². The standard InChI is InChI=1S/C22H23N5O4/c1-11(23)10-22(20-26-21(30)31-27-20)16-6-4-14(18(24)28)8-12(16)2-3-13-9-15(19(25)29)5-7-17(13)22/h4-9,11H,2-3,10,23H2,1H3,(H2,24,28)(H2,25,29)(H,26,27,30)/t11-/m0/s1. The fraction of sp³-hybridized carbons (Fsp3) is 0.273. The van der Waals surface area contributed by atoms with Crippen molar-refractivity contribution in [2.45, 2.75) is 37.6 Å². The highest BCUT2D eigenvalue weighted by Gasteiger charge is 2.45. The molecule has 0 fully saturated rings. The molecule has 0 radical (unpaired) electrons. The molecular weight excluding hydrogens is 398 g/mol. The average Bonchev–Trinajstić information content (AvgIpc) is 3.11. The molecule has 0 bridgehead atoms. The summed E-state index contributed by atoms with van der Waals surface area (Å²) in [5.74, 6) is -1.45. The van der Waals surface area contributed by atoms with Gasteiger partial charge in [-0.3, -0.25) is 19.1 Å². The van der Waals surface area contributed by atoms with Crippen LogP contribution in [0.2, 0.25) is 0 Å². The lowest BCUT2D eigenvalue weighted by Gasteiger charge is -2.35. The van der Waals surface area contributed by atoms with Crippen LogP contribution in [0.1, 0.15) is 62.1 Å². The molecule has 9 nitrogen and oxygen atoms in total. The molecule has 1 aliphatic rings. The minimum atomic E-state index is -0.964. The third-order valence-electron chi connectivity index (χ3n) is 5.84. The van der Waals surface area contributed by atoms with Gasteiger partial charge in [0.15, 0.2) is 5.82 Å². The number of carbonyl (C=O) groups is 2. The normalized spacial score (nSPS) is 15.4. The Morgan fingerprint density at radius 1 is 1.06 bits per heavy atom. The zero-order valence-electron chi connectivity index (χ0n) is 17.0. The summed E-state index contributed by atoms with van der Waals surface area (Å²) >= 11 is 0. The summed E-state index contributed by atoms with van der Waals surface area (Å²) in [6.45, 7) is 1.86. The van der Waals surface area contributed by atoms with E-state index in [-0.39, 0.29) is 6.04 Å². The molecular formula is C22H23N5O4. The Morgan fingerprint density at radius 2 is 1.58 bits per heavy atom. The second kappa shape index (κ2) is 7.51. The maximum absolute atomic E-state index is 11.9. The van der Waals surface area contributed by atoms with E-state index >= 15 is 0 Å².